The third kappa shape index (κ3) is 3.16. The zero-order valence-corrected chi connectivity index (χ0v) is 10.8. The Bertz CT molecular complexity index is 405. The van der Waals surface area contributed by atoms with Crippen molar-refractivity contribution in [2.75, 3.05) is 13.1 Å². The highest BCUT2D eigenvalue weighted by Crippen LogP contribution is 2.21. The minimum atomic E-state index is 0.318. The van der Waals surface area contributed by atoms with E-state index in [-0.39, 0.29) is 0 Å². The maximum atomic E-state index is 12.3. The van der Waals surface area contributed by atoms with E-state index in [9.17, 15) is 4.79 Å². The largest absolute Gasteiger partial charge is 0.317 e. The van der Waals surface area contributed by atoms with Crippen molar-refractivity contribution >= 4 is 5.78 Å². The molecule has 0 saturated carbocycles. The van der Waals surface area contributed by atoms with Crippen LogP contribution in [0.25, 0.3) is 0 Å². The van der Waals surface area contributed by atoms with Gasteiger partial charge in [0.15, 0.2) is 5.78 Å². The van der Waals surface area contributed by atoms with Gasteiger partial charge in [0.1, 0.15) is 0 Å². The Morgan fingerprint density at radius 2 is 2.00 bits per heavy atom. The summed E-state index contributed by atoms with van der Waals surface area (Å²) in [6.45, 7) is 6.19. The third-order valence-electron chi connectivity index (χ3n) is 3.63. The maximum Gasteiger partial charge on any atom is 0.163 e. The predicted molar refractivity (Wildman–Crippen MR) is 70.5 cm³/mol. The number of hydrogen-bond donors (Lipinski definition) is 1. The molecule has 2 rings (SSSR count). The fourth-order valence-electron chi connectivity index (χ4n) is 2.49. The molecule has 0 atom stereocenters. The van der Waals surface area contributed by atoms with Crippen molar-refractivity contribution in [3.8, 4) is 0 Å². The van der Waals surface area contributed by atoms with Gasteiger partial charge in [-0.25, -0.2) is 0 Å². The van der Waals surface area contributed by atoms with Crippen LogP contribution in [0.3, 0.4) is 0 Å². The molecule has 0 radical (unpaired) electrons. The van der Waals surface area contributed by atoms with Gasteiger partial charge in [0, 0.05) is 12.0 Å². The lowest BCUT2D eigenvalue weighted by molar-refractivity contribution is 0.0952. The summed E-state index contributed by atoms with van der Waals surface area (Å²) < 4.78 is 0. The molecule has 0 spiro atoms. The SMILES string of the molecule is Cc1ccc(C)c(C(=O)CC2CCNCC2)c1. The number of Topliss-reactive ketones (excluding diaryl/α,β-unsaturated/α-hetero) is 1. The van der Waals surface area contributed by atoms with Crippen LogP contribution in [0.1, 0.15) is 40.7 Å². The smallest absolute Gasteiger partial charge is 0.163 e. The lowest BCUT2D eigenvalue weighted by atomic mass is 9.89. The molecular formula is C15H21NO. The van der Waals surface area contributed by atoms with Crippen LogP contribution in [0.2, 0.25) is 0 Å². The van der Waals surface area contributed by atoms with Gasteiger partial charge in [0.2, 0.25) is 0 Å². The van der Waals surface area contributed by atoms with E-state index in [4.69, 9.17) is 0 Å². The summed E-state index contributed by atoms with van der Waals surface area (Å²) in [5, 5.41) is 3.34. The van der Waals surface area contributed by atoms with E-state index in [1.54, 1.807) is 0 Å². The summed E-state index contributed by atoms with van der Waals surface area (Å²) in [4.78, 5) is 12.3. The van der Waals surface area contributed by atoms with Gasteiger partial charge >= 0.3 is 0 Å². The van der Waals surface area contributed by atoms with E-state index in [0.29, 0.717) is 18.1 Å². The number of carbonyl (C=O) groups excluding carboxylic acids is 1. The molecule has 1 saturated heterocycles. The standard InChI is InChI=1S/C15H21NO/c1-11-3-4-12(2)14(9-11)15(17)10-13-5-7-16-8-6-13/h3-4,9,13,16H,5-8,10H2,1-2H3. The number of ketones is 1. The summed E-state index contributed by atoms with van der Waals surface area (Å²) in [5.41, 5.74) is 3.20. The zero-order chi connectivity index (χ0) is 12.3. The highest BCUT2D eigenvalue weighted by Gasteiger charge is 2.18. The average Bonchev–Trinajstić information content (AvgIpc) is 2.33. The molecule has 1 aliphatic rings. The van der Waals surface area contributed by atoms with E-state index < -0.39 is 0 Å². The summed E-state index contributed by atoms with van der Waals surface area (Å²) >= 11 is 0. The van der Waals surface area contributed by atoms with Crippen LogP contribution in [0.5, 0.6) is 0 Å². The fourth-order valence-corrected chi connectivity index (χ4v) is 2.49. The monoisotopic (exact) mass is 231 g/mol. The molecule has 0 unspecified atom stereocenters. The average molecular weight is 231 g/mol. The molecule has 1 heterocycles. The first kappa shape index (κ1) is 12.3. The topological polar surface area (TPSA) is 29.1 Å². The van der Waals surface area contributed by atoms with E-state index in [1.165, 1.54) is 5.56 Å². The minimum Gasteiger partial charge on any atom is -0.317 e. The lowest BCUT2D eigenvalue weighted by Gasteiger charge is -2.22. The normalized spacial score (nSPS) is 17.1. The maximum absolute atomic E-state index is 12.3. The Morgan fingerprint density at radius 3 is 2.71 bits per heavy atom. The number of carbonyl (C=O) groups is 1. The number of piperidine rings is 1. The molecule has 92 valence electrons. The molecule has 1 fully saturated rings. The van der Waals surface area contributed by atoms with Crippen molar-refractivity contribution in [3.05, 3.63) is 34.9 Å². The molecule has 0 aromatic heterocycles. The second kappa shape index (κ2) is 5.46. The Morgan fingerprint density at radius 1 is 1.29 bits per heavy atom. The van der Waals surface area contributed by atoms with Gasteiger partial charge in [-0.2, -0.15) is 0 Å². The van der Waals surface area contributed by atoms with Gasteiger partial charge < -0.3 is 5.32 Å². The first-order chi connectivity index (χ1) is 8.16. The molecule has 1 aromatic rings. The summed E-state index contributed by atoms with van der Waals surface area (Å²) in [6.07, 6.45) is 2.99. The molecule has 1 aromatic carbocycles. The molecule has 17 heavy (non-hydrogen) atoms. The van der Waals surface area contributed by atoms with Crippen LogP contribution < -0.4 is 5.32 Å². The number of benzene rings is 1. The fraction of sp³-hybridized carbons (Fsp3) is 0.533. The Kier molecular flexibility index (Phi) is 3.95. The number of aryl methyl sites for hydroxylation is 2. The quantitative estimate of drug-likeness (QED) is 0.810. The van der Waals surface area contributed by atoms with Crippen molar-refractivity contribution in [2.24, 2.45) is 5.92 Å². The number of nitrogens with one attached hydrogen (secondary N) is 1. The van der Waals surface area contributed by atoms with Crippen molar-refractivity contribution in [1.29, 1.82) is 0 Å². The predicted octanol–water partition coefficient (Wildman–Crippen LogP) is 2.88. The highest BCUT2D eigenvalue weighted by molar-refractivity contribution is 5.97. The van der Waals surface area contributed by atoms with Crippen LogP contribution in [-0.2, 0) is 0 Å². The molecule has 1 N–H and O–H groups in total. The Hall–Kier alpha value is -1.15. The zero-order valence-electron chi connectivity index (χ0n) is 10.8. The molecular weight excluding hydrogens is 210 g/mol. The molecule has 2 heteroatoms. The van der Waals surface area contributed by atoms with Gasteiger partial charge in [0.05, 0.1) is 0 Å². The van der Waals surface area contributed by atoms with Gasteiger partial charge in [-0.05, 0) is 57.3 Å². The third-order valence-corrected chi connectivity index (χ3v) is 3.63. The number of rotatable bonds is 3. The molecule has 0 amide bonds. The number of hydrogen-bond acceptors (Lipinski definition) is 2. The second-order valence-corrected chi connectivity index (χ2v) is 5.14. The van der Waals surface area contributed by atoms with Crippen LogP contribution in [0.4, 0.5) is 0 Å². The minimum absolute atomic E-state index is 0.318. The second-order valence-electron chi connectivity index (χ2n) is 5.14. The molecule has 2 nitrogen and oxygen atoms in total. The van der Waals surface area contributed by atoms with E-state index in [0.717, 1.165) is 37.1 Å². The lowest BCUT2D eigenvalue weighted by Crippen LogP contribution is -2.29. The van der Waals surface area contributed by atoms with Crippen molar-refractivity contribution in [2.45, 2.75) is 33.1 Å². The van der Waals surface area contributed by atoms with Crippen LogP contribution in [0, 0.1) is 19.8 Å². The summed E-state index contributed by atoms with van der Waals surface area (Å²) in [5.74, 6) is 0.891. The van der Waals surface area contributed by atoms with Gasteiger partial charge in [-0.15, -0.1) is 0 Å². The van der Waals surface area contributed by atoms with Gasteiger partial charge in [-0.1, -0.05) is 17.7 Å². The van der Waals surface area contributed by atoms with E-state index in [2.05, 4.69) is 11.4 Å². The van der Waals surface area contributed by atoms with Crippen LogP contribution >= 0.6 is 0 Å². The van der Waals surface area contributed by atoms with Crippen molar-refractivity contribution < 1.29 is 4.79 Å². The first-order valence-corrected chi connectivity index (χ1v) is 6.48. The Labute approximate surface area is 103 Å². The van der Waals surface area contributed by atoms with Gasteiger partial charge in [-0.3, -0.25) is 4.79 Å². The van der Waals surface area contributed by atoms with Crippen molar-refractivity contribution in [3.63, 3.8) is 0 Å². The van der Waals surface area contributed by atoms with E-state index in [1.807, 2.05) is 26.0 Å². The van der Waals surface area contributed by atoms with Crippen LogP contribution in [-0.4, -0.2) is 18.9 Å². The molecule has 0 bridgehead atoms. The van der Waals surface area contributed by atoms with Gasteiger partial charge in [0.25, 0.3) is 0 Å². The summed E-state index contributed by atoms with van der Waals surface area (Å²) in [7, 11) is 0. The highest BCUT2D eigenvalue weighted by atomic mass is 16.1. The first-order valence-electron chi connectivity index (χ1n) is 6.48. The Balaban J connectivity index is 2.05. The molecule has 0 aliphatic carbocycles. The van der Waals surface area contributed by atoms with E-state index >= 15 is 0 Å². The van der Waals surface area contributed by atoms with Crippen LogP contribution in [0.15, 0.2) is 18.2 Å². The summed E-state index contributed by atoms with van der Waals surface area (Å²) in [6, 6.07) is 6.14. The van der Waals surface area contributed by atoms with Crippen molar-refractivity contribution in [1.82, 2.24) is 5.32 Å². The molecule has 1 aliphatic heterocycles.